The monoisotopic (exact) mass is 300 g/mol. The zero-order valence-corrected chi connectivity index (χ0v) is 13.8. The van der Waals surface area contributed by atoms with Crippen LogP contribution >= 0.6 is 0 Å². The molecule has 1 amide bonds. The van der Waals surface area contributed by atoms with Crippen LogP contribution in [0.25, 0.3) is 0 Å². The molecule has 1 aromatic carbocycles. The molecule has 4 heteroatoms. The van der Waals surface area contributed by atoms with Gasteiger partial charge in [-0.25, -0.2) is 0 Å². The van der Waals surface area contributed by atoms with E-state index in [-0.39, 0.29) is 5.91 Å². The Morgan fingerprint density at radius 1 is 1.23 bits per heavy atom. The summed E-state index contributed by atoms with van der Waals surface area (Å²) >= 11 is 0. The van der Waals surface area contributed by atoms with Crippen molar-refractivity contribution in [1.82, 2.24) is 9.88 Å². The van der Waals surface area contributed by atoms with Crippen molar-refractivity contribution >= 4 is 5.91 Å². The lowest BCUT2D eigenvalue weighted by molar-refractivity contribution is -0.120. The number of hydrogen-bond acceptors (Lipinski definition) is 2. The van der Waals surface area contributed by atoms with Crippen molar-refractivity contribution in [2.75, 3.05) is 6.61 Å². The molecule has 4 nitrogen and oxygen atoms in total. The standard InChI is InChI=1S/C18H24N2O2/c1-5-22-17-8-6-15(7-9-17)11-18(21)19-12-16-10-13(2)20(4)14(16)3/h6-10H,5,11-12H2,1-4H3,(H,19,21). The van der Waals surface area contributed by atoms with E-state index < -0.39 is 0 Å². The Bertz CT molecular complexity index is 642. The Morgan fingerprint density at radius 2 is 1.91 bits per heavy atom. The second-order valence-corrected chi connectivity index (χ2v) is 5.49. The molecule has 0 saturated carbocycles. The highest BCUT2D eigenvalue weighted by molar-refractivity contribution is 5.78. The number of carbonyl (C=O) groups is 1. The lowest BCUT2D eigenvalue weighted by atomic mass is 10.1. The lowest BCUT2D eigenvalue weighted by Crippen LogP contribution is -2.24. The van der Waals surface area contributed by atoms with Crippen LogP contribution in [0.15, 0.2) is 30.3 Å². The third-order valence-corrected chi connectivity index (χ3v) is 3.96. The molecule has 0 aliphatic carbocycles. The van der Waals surface area contributed by atoms with Crippen LogP contribution in [0.4, 0.5) is 0 Å². The summed E-state index contributed by atoms with van der Waals surface area (Å²) in [5, 5.41) is 2.99. The van der Waals surface area contributed by atoms with E-state index in [1.165, 1.54) is 17.0 Å². The molecule has 0 bridgehead atoms. The second-order valence-electron chi connectivity index (χ2n) is 5.49. The minimum Gasteiger partial charge on any atom is -0.494 e. The molecule has 0 saturated heterocycles. The summed E-state index contributed by atoms with van der Waals surface area (Å²) in [7, 11) is 2.04. The van der Waals surface area contributed by atoms with Gasteiger partial charge < -0.3 is 14.6 Å². The van der Waals surface area contributed by atoms with Crippen molar-refractivity contribution in [1.29, 1.82) is 0 Å². The molecule has 2 rings (SSSR count). The van der Waals surface area contributed by atoms with Crippen LogP contribution in [0.5, 0.6) is 5.75 Å². The molecule has 118 valence electrons. The zero-order chi connectivity index (χ0) is 16.1. The van der Waals surface area contributed by atoms with Crippen LogP contribution < -0.4 is 10.1 Å². The first kappa shape index (κ1) is 16.1. The molecule has 0 aliphatic heterocycles. The summed E-state index contributed by atoms with van der Waals surface area (Å²) in [4.78, 5) is 12.1. The van der Waals surface area contributed by atoms with E-state index >= 15 is 0 Å². The van der Waals surface area contributed by atoms with E-state index in [4.69, 9.17) is 4.74 Å². The van der Waals surface area contributed by atoms with Crippen LogP contribution in [0.1, 0.15) is 29.4 Å². The molecule has 1 aromatic heterocycles. The Balaban J connectivity index is 1.88. The van der Waals surface area contributed by atoms with Crippen molar-refractivity contribution in [3.63, 3.8) is 0 Å². The maximum Gasteiger partial charge on any atom is 0.224 e. The number of hydrogen-bond donors (Lipinski definition) is 1. The molecular formula is C18H24N2O2. The van der Waals surface area contributed by atoms with E-state index in [1.54, 1.807) is 0 Å². The molecule has 0 spiro atoms. The number of nitrogens with one attached hydrogen (secondary N) is 1. The summed E-state index contributed by atoms with van der Waals surface area (Å²) in [5.41, 5.74) is 4.55. The molecule has 1 N–H and O–H groups in total. The van der Waals surface area contributed by atoms with Crippen LogP contribution in [0, 0.1) is 13.8 Å². The molecule has 0 atom stereocenters. The highest BCUT2D eigenvalue weighted by atomic mass is 16.5. The maximum atomic E-state index is 12.1. The third-order valence-electron chi connectivity index (χ3n) is 3.96. The van der Waals surface area contributed by atoms with Gasteiger partial charge in [0.1, 0.15) is 5.75 Å². The van der Waals surface area contributed by atoms with Gasteiger partial charge in [-0.3, -0.25) is 4.79 Å². The second kappa shape index (κ2) is 7.16. The zero-order valence-electron chi connectivity index (χ0n) is 13.8. The van der Waals surface area contributed by atoms with Gasteiger partial charge in [0.2, 0.25) is 5.91 Å². The van der Waals surface area contributed by atoms with Crippen LogP contribution in [-0.2, 0) is 24.8 Å². The van der Waals surface area contributed by atoms with Gasteiger partial charge >= 0.3 is 0 Å². The van der Waals surface area contributed by atoms with Crippen molar-refractivity contribution in [2.24, 2.45) is 7.05 Å². The van der Waals surface area contributed by atoms with Gasteiger partial charge in [-0.15, -0.1) is 0 Å². The quantitative estimate of drug-likeness (QED) is 0.891. The molecule has 0 unspecified atom stereocenters. The van der Waals surface area contributed by atoms with Crippen molar-refractivity contribution in [3.8, 4) is 5.75 Å². The Morgan fingerprint density at radius 3 is 2.45 bits per heavy atom. The van der Waals surface area contributed by atoms with Crippen molar-refractivity contribution in [2.45, 2.75) is 33.7 Å². The fourth-order valence-corrected chi connectivity index (χ4v) is 2.42. The number of aryl methyl sites for hydroxylation is 1. The molecule has 0 radical (unpaired) electrons. The summed E-state index contributed by atoms with van der Waals surface area (Å²) in [6, 6.07) is 9.78. The van der Waals surface area contributed by atoms with Gasteiger partial charge in [0.05, 0.1) is 13.0 Å². The van der Waals surface area contributed by atoms with E-state index in [0.717, 1.165) is 11.3 Å². The number of rotatable bonds is 6. The molecule has 0 fully saturated rings. The number of nitrogens with zero attached hydrogens (tertiary/aromatic N) is 1. The van der Waals surface area contributed by atoms with Gasteiger partial charge in [0.15, 0.2) is 0 Å². The normalized spacial score (nSPS) is 10.5. The van der Waals surface area contributed by atoms with Crippen LogP contribution in [0.3, 0.4) is 0 Å². The van der Waals surface area contributed by atoms with Gasteiger partial charge in [-0.2, -0.15) is 0 Å². The van der Waals surface area contributed by atoms with E-state index in [9.17, 15) is 4.79 Å². The van der Waals surface area contributed by atoms with E-state index in [2.05, 4.69) is 29.8 Å². The molecule has 1 heterocycles. The Kier molecular flexibility index (Phi) is 5.26. The van der Waals surface area contributed by atoms with Gasteiger partial charge in [-0.05, 0) is 50.1 Å². The topological polar surface area (TPSA) is 43.3 Å². The van der Waals surface area contributed by atoms with Gasteiger partial charge in [-0.1, -0.05) is 12.1 Å². The molecule has 0 aliphatic rings. The number of benzene rings is 1. The summed E-state index contributed by atoms with van der Waals surface area (Å²) in [6.07, 6.45) is 0.386. The van der Waals surface area contributed by atoms with E-state index in [1.807, 2.05) is 38.2 Å². The molecule has 2 aromatic rings. The molecule has 22 heavy (non-hydrogen) atoms. The fraction of sp³-hybridized carbons (Fsp3) is 0.389. The minimum absolute atomic E-state index is 0.0325. The largest absolute Gasteiger partial charge is 0.494 e. The van der Waals surface area contributed by atoms with Crippen LogP contribution in [0.2, 0.25) is 0 Å². The lowest BCUT2D eigenvalue weighted by Gasteiger charge is -2.07. The molecular weight excluding hydrogens is 276 g/mol. The fourth-order valence-electron chi connectivity index (χ4n) is 2.42. The highest BCUT2D eigenvalue weighted by Crippen LogP contribution is 2.14. The van der Waals surface area contributed by atoms with Crippen molar-refractivity contribution in [3.05, 3.63) is 52.8 Å². The van der Waals surface area contributed by atoms with Gasteiger partial charge in [0, 0.05) is 25.0 Å². The maximum absolute atomic E-state index is 12.1. The number of ether oxygens (including phenoxy) is 1. The van der Waals surface area contributed by atoms with Gasteiger partial charge in [0.25, 0.3) is 0 Å². The highest BCUT2D eigenvalue weighted by Gasteiger charge is 2.08. The predicted molar refractivity (Wildman–Crippen MR) is 88.0 cm³/mol. The Labute approximate surface area is 132 Å². The predicted octanol–water partition coefficient (Wildman–Crippen LogP) is 2.90. The number of amides is 1. The first-order chi connectivity index (χ1) is 10.5. The average Bonchev–Trinajstić information content (AvgIpc) is 2.75. The smallest absolute Gasteiger partial charge is 0.224 e. The van der Waals surface area contributed by atoms with Crippen LogP contribution in [-0.4, -0.2) is 17.1 Å². The van der Waals surface area contributed by atoms with Crippen molar-refractivity contribution < 1.29 is 9.53 Å². The number of carbonyl (C=O) groups excluding carboxylic acids is 1. The number of aromatic nitrogens is 1. The first-order valence-corrected chi connectivity index (χ1v) is 7.61. The van der Waals surface area contributed by atoms with E-state index in [0.29, 0.717) is 19.6 Å². The minimum atomic E-state index is 0.0325. The first-order valence-electron chi connectivity index (χ1n) is 7.61. The summed E-state index contributed by atoms with van der Waals surface area (Å²) in [6.45, 7) is 7.31. The summed E-state index contributed by atoms with van der Waals surface area (Å²) < 4.78 is 7.53. The average molecular weight is 300 g/mol. The third kappa shape index (κ3) is 3.91. The summed E-state index contributed by atoms with van der Waals surface area (Å²) in [5.74, 6) is 0.868. The Hall–Kier alpha value is -2.23. The SMILES string of the molecule is CCOc1ccc(CC(=O)NCc2cc(C)n(C)c2C)cc1.